The van der Waals surface area contributed by atoms with Gasteiger partial charge in [-0.2, -0.15) is 0 Å². The lowest BCUT2D eigenvalue weighted by Crippen LogP contribution is -2.50. The lowest BCUT2D eigenvalue weighted by molar-refractivity contribution is -0.148. The van der Waals surface area contributed by atoms with Crippen molar-refractivity contribution in [1.29, 1.82) is 0 Å². The van der Waals surface area contributed by atoms with Crippen LogP contribution in [0.15, 0.2) is 24.3 Å². The van der Waals surface area contributed by atoms with Gasteiger partial charge < -0.3 is 10.2 Å². The highest BCUT2D eigenvalue weighted by Crippen LogP contribution is 2.20. The molecule has 0 spiro atoms. The smallest absolute Gasteiger partial charge is 0.237 e. The van der Waals surface area contributed by atoms with E-state index < -0.39 is 5.41 Å². The van der Waals surface area contributed by atoms with Gasteiger partial charge in [0.2, 0.25) is 11.8 Å². The topological polar surface area (TPSA) is 49.4 Å². The third kappa shape index (κ3) is 5.82. The number of nitrogens with one attached hydrogen (secondary N) is 1. The van der Waals surface area contributed by atoms with E-state index in [0.29, 0.717) is 31.1 Å². The average molecular weight is 353 g/mol. The Bertz CT molecular complexity index is 535. The number of halogens is 1. The first kappa shape index (κ1) is 20.5. The van der Waals surface area contributed by atoms with E-state index in [2.05, 4.69) is 5.32 Å². The van der Waals surface area contributed by atoms with E-state index in [1.54, 1.807) is 18.7 Å². The number of nitrogens with zero attached hydrogens (tertiary/aromatic N) is 1. The summed E-state index contributed by atoms with van der Waals surface area (Å²) in [4.78, 5) is 27.0. The first-order chi connectivity index (χ1) is 11.3. The number of rotatable bonds is 9. The van der Waals surface area contributed by atoms with Crippen LogP contribution in [0.2, 0.25) is 5.02 Å². The van der Waals surface area contributed by atoms with Gasteiger partial charge in [-0.1, -0.05) is 37.6 Å². The summed E-state index contributed by atoms with van der Waals surface area (Å²) in [6.45, 7) is 9.35. The van der Waals surface area contributed by atoms with Crippen molar-refractivity contribution in [2.24, 2.45) is 5.41 Å². The summed E-state index contributed by atoms with van der Waals surface area (Å²) in [5, 5.41) is 3.58. The average Bonchev–Trinajstić information content (AvgIpc) is 2.55. The molecule has 0 fully saturated rings. The number of benzene rings is 1. The predicted octanol–water partition coefficient (Wildman–Crippen LogP) is 3.67. The SMILES string of the molecule is CCCN(CCC)C(=O)C(C)(C)C(=O)NCCc1ccc(Cl)cc1. The second-order valence-corrected chi connectivity index (χ2v) is 6.99. The van der Waals surface area contributed by atoms with E-state index in [-0.39, 0.29) is 11.8 Å². The Balaban J connectivity index is 2.59. The molecule has 0 aromatic heterocycles. The predicted molar refractivity (Wildman–Crippen MR) is 99.1 cm³/mol. The molecule has 4 nitrogen and oxygen atoms in total. The van der Waals surface area contributed by atoms with Gasteiger partial charge >= 0.3 is 0 Å². The van der Waals surface area contributed by atoms with Crippen LogP contribution in [0.5, 0.6) is 0 Å². The summed E-state index contributed by atoms with van der Waals surface area (Å²) in [7, 11) is 0. The molecule has 1 rings (SSSR count). The van der Waals surface area contributed by atoms with Gasteiger partial charge in [0.15, 0.2) is 0 Å². The lowest BCUT2D eigenvalue weighted by atomic mass is 9.90. The van der Waals surface area contributed by atoms with Crippen molar-refractivity contribution < 1.29 is 9.59 Å². The molecule has 0 heterocycles. The number of hydrogen-bond donors (Lipinski definition) is 1. The molecule has 2 amide bonds. The number of carbonyl (C=O) groups is 2. The molecule has 0 radical (unpaired) electrons. The minimum atomic E-state index is -1.05. The van der Waals surface area contributed by atoms with Crippen LogP contribution in [-0.2, 0) is 16.0 Å². The summed E-state index contributed by atoms with van der Waals surface area (Å²) in [5.74, 6) is -0.325. The van der Waals surface area contributed by atoms with Gasteiger partial charge in [-0.15, -0.1) is 0 Å². The molecule has 1 aromatic rings. The molecule has 5 heteroatoms. The minimum absolute atomic E-state index is 0.102. The Hall–Kier alpha value is -1.55. The molecule has 1 aromatic carbocycles. The maximum Gasteiger partial charge on any atom is 0.237 e. The van der Waals surface area contributed by atoms with Crippen LogP contribution in [0.4, 0.5) is 0 Å². The molecule has 0 saturated carbocycles. The molecule has 0 atom stereocenters. The summed E-state index contributed by atoms with van der Waals surface area (Å²) in [6, 6.07) is 7.54. The minimum Gasteiger partial charge on any atom is -0.355 e. The second-order valence-electron chi connectivity index (χ2n) is 6.55. The van der Waals surface area contributed by atoms with E-state index in [4.69, 9.17) is 11.6 Å². The maximum absolute atomic E-state index is 12.7. The highest BCUT2D eigenvalue weighted by atomic mass is 35.5. The molecular formula is C19H29ClN2O2. The fraction of sp³-hybridized carbons (Fsp3) is 0.579. The molecule has 0 aliphatic heterocycles. The first-order valence-corrected chi connectivity index (χ1v) is 9.02. The molecule has 0 bridgehead atoms. The van der Waals surface area contributed by atoms with Crippen molar-refractivity contribution in [2.45, 2.75) is 47.0 Å². The first-order valence-electron chi connectivity index (χ1n) is 8.65. The quantitative estimate of drug-likeness (QED) is 0.689. The lowest BCUT2D eigenvalue weighted by Gasteiger charge is -2.30. The molecule has 1 N–H and O–H groups in total. The van der Waals surface area contributed by atoms with Crippen LogP contribution in [0.1, 0.15) is 46.1 Å². The van der Waals surface area contributed by atoms with Gasteiger partial charge in [-0.05, 0) is 50.8 Å². The van der Waals surface area contributed by atoms with Gasteiger partial charge in [0.25, 0.3) is 0 Å². The van der Waals surface area contributed by atoms with Gasteiger partial charge in [0.1, 0.15) is 5.41 Å². The zero-order valence-corrected chi connectivity index (χ0v) is 15.9. The third-order valence-electron chi connectivity index (χ3n) is 3.99. The Morgan fingerprint density at radius 2 is 1.62 bits per heavy atom. The van der Waals surface area contributed by atoms with Crippen LogP contribution < -0.4 is 5.32 Å². The molecule has 24 heavy (non-hydrogen) atoms. The molecule has 0 aliphatic carbocycles. The highest BCUT2D eigenvalue weighted by molar-refractivity contribution is 6.30. The number of amides is 2. The maximum atomic E-state index is 12.7. The van der Waals surface area contributed by atoms with E-state index in [9.17, 15) is 9.59 Å². The van der Waals surface area contributed by atoms with Gasteiger partial charge in [-0.25, -0.2) is 0 Å². The molecule has 0 unspecified atom stereocenters. The van der Waals surface area contributed by atoms with E-state index in [1.807, 2.05) is 38.1 Å². The monoisotopic (exact) mass is 352 g/mol. The van der Waals surface area contributed by atoms with Crippen molar-refractivity contribution in [3.8, 4) is 0 Å². The van der Waals surface area contributed by atoms with E-state index in [1.165, 1.54) is 0 Å². The fourth-order valence-corrected chi connectivity index (χ4v) is 2.67. The van der Waals surface area contributed by atoms with Crippen LogP contribution in [0, 0.1) is 5.41 Å². The van der Waals surface area contributed by atoms with Gasteiger partial charge in [-0.3, -0.25) is 9.59 Å². The Morgan fingerprint density at radius 3 is 2.12 bits per heavy atom. The molecule has 0 saturated heterocycles. The largest absolute Gasteiger partial charge is 0.355 e. The normalized spacial score (nSPS) is 11.2. The van der Waals surface area contributed by atoms with Crippen molar-refractivity contribution in [2.75, 3.05) is 19.6 Å². The third-order valence-corrected chi connectivity index (χ3v) is 4.24. The van der Waals surface area contributed by atoms with Crippen molar-refractivity contribution in [1.82, 2.24) is 10.2 Å². The Kier molecular flexibility index (Phi) is 8.26. The highest BCUT2D eigenvalue weighted by Gasteiger charge is 2.38. The van der Waals surface area contributed by atoms with Crippen molar-refractivity contribution in [3.05, 3.63) is 34.9 Å². The summed E-state index contributed by atoms with van der Waals surface area (Å²) >= 11 is 5.86. The van der Waals surface area contributed by atoms with E-state index in [0.717, 1.165) is 18.4 Å². The zero-order chi connectivity index (χ0) is 18.2. The number of hydrogen-bond acceptors (Lipinski definition) is 2. The Morgan fingerprint density at radius 1 is 1.08 bits per heavy atom. The summed E-state index contributed by atoms with van der Waals surface area (Å²) < 4.78 is 0. The van der Waals surface area contributed by atoms with Crippen LogP contribution in [-0.4, -0.2) is 36.3 Å². The van der Waals surface area contributed by atoms with Crippen molar-refractivity contribution >= 4 is 23.4 Å². The summed E-state index contributed by atoms with van der Waals surface area (Å²) in [6.07, 6.45) is 2.49. The number of carbonyl (C=O) groups excluding carboxylic acids is 2. The van der Waals surface area contributed by atoms with Crippen molar-refractivity contribution in [3.63, 3.8) is 0 Å². The second kappa shape index (κ2) is 9.67. The standard InChI is InChI=1S/C19H29ClN2O2/c1-5-13-22(14-6-2)18(24)19(3,4)17(23)21-12-11-15-7-9-16(20)10-8-15/h7-10H,5-6,11-14H2,1-4H3,(H,21,23). The molecule has 0 aliphatic rings. The Labute approximate surface area is 150 Å². The van der Waals surface area contributed by atoms with E-state index >= 15 is 0 Å². The molecular weight excluding hydrogens is 324 g/mol. The van der Waals surface area contributed by atoms with Crippen LogP contribution in [0.3, 0.4) is 0 Å². The van der Waals surface area contributed by atoms with Gasteiger partial charge in [0.05, 0.1) is 0 Å². The van der Waals surface area contributed by atoms with Crippen LogP contribution in [0.25, 0.3) is 0 Å². The van der Waals surface area contributed by atoms with Gasteiger partial charge in [0, 0.05) is 24.7 Å². The van der Waals surface area contributed by atoms with Crippen LogP contribution >= 0.6 is 11.6 Å². The summed E-state index contributed by atoms with van der Waals surface area (Å²) in [5.41, 5.74) is 0.0482. The zero-order valence-electron chi connectivity index (χ0n) is 15.2. The molecule has 134 valence electrons. The fourth-order valence-electron chi connectivity index (χ4n) is 2.54.